The number of nitrogens with zero attached hydrogens (tertiary/aromatic N) is 2. The van der Waals surface area contributed by atoms with Gasteiger partial charge in [-0.3, -0.25) is 9.59 Å². The van der Waals surface area contributed by atoms with Crippen LogP contribution >= 0.6 is 23.4 Å². The molecule has 2 aromatic rings. The summed E-state index contributed by atoms with van der Waals surface area (Å²) in [6, 6.07) is 16.4. The summed E-state index contributed by atoms with van der Waals surface area (Å²) in [5.74, 6) is -0.475. The molecule has 0 radical (unpaired) electrons. The summed E-state index contributed by atoms with van der Waals surface area (Å²) < 4.78 is 0. The van der Waals surface area contributed by atoms with E-state index in [1.54, 1.807) is 24.3 Å². The third kappa shape index (κ3) is 5.42. The van der Waals surface area contributed by atoms with Crippen molar-refractivity contribution in [2.45, 2.75) is 18.6 Å². The molecule has 2 amide bonds. The number of carbonyl (C=O) groups excluding carboxylic acids is 2. The lowest BCUT2D eigenvalue weighted by molar-refractivity contribution is -0.122. The number of hydrogen-bond donors (Lipinski definition) is 2. The number of hydrogen-bond acceptors (Lipinski definition) is 5. The molecule has 0 spiro atoms. The maximum absolute atomic E-state index is 12.1. The molecule has 3 rings (SSSR count). The van der Waals surface area contributed by atoms with E-state index in [-0.39, 0.29) is 18.2 Å². The minimum absolute atomic E-state index is 0.0598. The number of amidine groups is 1. The van der Waals surface area contributed by atoms with Crippen LogP contribution in [-0.2, 0) is 9.59 Å². The minimum atomic E-state index is -0.529. The molecule has 138 valence electrons. The highest BCUT2D eigenvalue weighted by Crippen LogP contribution is 2.23. The van der Waals surface area contributed by atoms with E-state index in [0.29, 0.717) is 21.6 Å². The molecule has 8 heteroatoms. The summed E-state index contributed by atoms with van der Waals surface area (Å²) in [4.78, 5) is 24.2. The SMILES string of the molecule is C/C(=N/N=C1/NC(=O)[C@H](CC(=O)Nc2ccccc2)S1)c1ccc(Cl)cc1. The molecule has 1 atom stereocenters. The van der Waals surface area contributed by atoms with E-state index in [2.05, 4.69) is 20.8 Å². The van der Waals surface area contributed by atoms with Crippen molar-refractivity contribution in [3.05, 3.63) is 65.2 Å². The number of carbonyl (C=O) groups is 2. The Morgan fingerprint density at radius 2 is 1.89 bits per heavy atom. The van der Waals surface area contributed by atoms with Crippen molar-refractivity contribution in [3.8, 4) is 0 Å². The molecule has 0 aliphatic carbocycles. The lowest BCUT2D eigenvalue weighted by Gasteiger charge is -2.06. The summed E-state index contributed by atoms with van der Waals surface area (Å²) in [6.07, 6.45) is 0.0598. The fourth-order valence-corrected chi connectivity index (χ4v) is 3.40. The van der Waals surface area contributed by atoms with Gasteiger partial charge in [-0.05, 0) is 36.8 Å². The number of rotatable bonds is 5. The van der Waals surface area contributed by atoms with Crippen molar-refractivity contribution in [3.63, 3.8) is 0 Å². The van der Waals surface area contributed by atoms with Crippen LogP contribution in [0.2, 0.25) is 5.02 Å². The summed E-state index contributed by atoms with van der Waals surface area (Å²) in [5, 5.41) is 14.2. The lowest BCUT2D eigenvalue weighted by Crippen LogP contribution is -2.28. The first-order chi connectivity index (χ1) is 13.0. The van der Waals surface area contributed by atoms with Gasteiger partial charge in [0.05, 0.1) is 5.71 Å². The molecule has 1 aliphatic rings. The first-order valence-corrected chi connectivity index (χ1v) is 9.47. The first kappa shape index (κ1) is 19.1. The first-order valence-electron chi connectivity index (χ1n) is 8.22. The molecular formula is C19H17ClN4O2S. The second-order valence-corrected chi connectivity index (χ2v) is 7.44. The van der Waals surface area contributed by atoms with Gasteiger partial charge < -0.3 is 10.6 Å². The standard InChI is InChI=1S/C19H17ClN4O2S/c1-12(13-7-9-14(20)10-8-13)23-24-19-22-18(26)16(27-19)11-17(25)21-15-5-3-2-4-6-15/h2-10,16H,11H2,1H3,(H,21,25)(H,22,24,26)/b23-12-/t16-/m0/s1. The normalized spacial score (nSPS) is 18.4. The molecule has 2 aromatic carbocycles. The van der Waals surface area contributed by atoms with Crippen LogP contribution in [0, 0.1) is 0 Å². The van der Waals surface area contributed by atoms with Gasteiger partial charge in [0.15, 0.2) is 5.17 Å². The lowest BCUT2D eigenvalue weighted by atomic mass is 10.1. The summed E-state index contributed by atoms with van der Waals surface area (Å²) in [5.41, 5.74) is 2.28. The number of para-hydroxylation sites is 1. The summed E-state index contributed by atoms with van der Waals surface area (Å²) in [7, 11) is 0. The molecule has 1 aliphatic heterocycles. The van der Waals surface area contributed by atoms with Crippen LogP contribution in [0.4, 0.5) is 5.69 Å². The Hall–Kier alpha value is -2.64. The van der Waals surface area contributed by atoms with Crippen molar-refractivity contribution in [2.75, 3.05) is 5.32 Å². The number of halogens is 1. The van der Waals surface area contributed by atoms with Gasteiger partial charge in [0.25, 0.3) is 0 Å². The molecule has 0 saturated carbocycles. The van der Waals surface area contributed by atoms with Crippen molar-refractivity contribution in [1.29, 1.82) is 0 Å². The second-order valence-electron chi connectivity index (χ2n) is 5.81. The van der Waals surface area contributed by atoms with Crippen molar-refractivity contribution < 1.29 is 9.59 Å². The van der Waals surface area contributed by atoms with Crippen molar-refractivity contribution in [2.24, 2.45) is 10.2 Å². The predicted molar refractivity (Wildman–Crippen MR) is 110 cm³/mol. The van der Waals surface area contributed by atoms with E-state index in [0.717, 1.165) is 5.56 Å². The zero-order chi connectivity index (χ0) is 19.2. The molecule has 0 bridgehead atoms. The molecule has 1 heterocycles. The third-order valence-electron chi connectivity index (χ3n) is 3.76. The Morgan fingerprint density at radius 1 is 1.19 bits per heavy atom. The zero-order valence-electron chi connectivity index (χ0n) is 14.5. The fraction of sp³-hybridized carbons (Fsp3) is 0.158. The fourth-order valence-electron chi connectivity index (χ4n) is 2.36. The Bertz CT molecular complexity index is 898. The Balaban J connectivity index is 1.59. The summed E-state index contributed by atoms with van der Waals surface area (Å²) in [6.45, 7) is 1.82. The largest absolute Gasteiger partial charge is 0.326 e. The van der Waals surface area contributed by atoms with Crippen LogP contribution < -0.4 is 10.6 Å². The average molecular weight is 401 g/mol. The van der Waals surface area contributed by atoms with Gasteiger partial charge in [-0.2, -0.15) is 5.10 Å². The monoisotopic (exact) mass is 400 g/mol. The van der Waals surface area contributed by atoms with E-state index >= 15 is 0 Å². The van der Waals surface area contributed by atoms with Gasteiger partial charge in [0.1, 0.15) is 5.25 Å². The van der Waals surface area contributed by atoms with E-state index in [9.17, 15) is 9.59 Å². The zero-order valence-corrected chi connectivity index (χ0v) is 16.1. The predicted octanol–water partition coefficient (Wildman–Crippen LogP) is 3.68. The van der Waals surface area contributed by atoms with Gasteiger partial charge in [0, 0.05) is 17.1 Å². The minimum Gasteiger partial charge on any atom is -0.326 e. The third-order valence-corrected chi connectivity index (χ3v) is 5.08. The van der Waals surface area contributed by atoms with Crippen LogP contribution in [0.5, 0.6) is 0 Å². The highest BCUT2D eigenvalue weighted by atomic mass is 35.5. The van der Waals surface area contributed by atoms with Crippen LogP contribution in [0.15, 0.2) is 64.8 Å². The highest BCUT2D eigenvalue weighted by Gasteiger charge is 2.32. The Labute approximate surface area is 166 Å². The number of thioether (sulfide) groups is 1. The van der Waals surface area contributed by atoms with Crippen molar-refractivity contribution in [1.82, 2.24) is 5.32 Å². The van der Waals surface area contributed by atoms with Crippen LogP contribution in [0.25, 0.3) is 0 Å². The summed E-state index contributed by atoms with van der Waals surface area (Å²) >= 11 is 7.07. The number of nitrogens with one attached hydrogen (secondary N) is 2. The molecule has 1 saturated heterocycles. The Morgan fingerprint density at radius 3 is 2.59 bits per heavy atom. The molecule has 6 nitrogen and oxygen atoms in total. The maximum atomic E-state index is 12.1. The van der Waals surface area contributed by atoms with E-state index < -0.39 is 5.25 Å². The molecule has 27 heavy (non-hydrogen) atoms. The number of amides is 2. The topological polar surface area (TPSA) is 82.9 Å². The number of anilines is 1. The maximum Gasteiger partial charge on any atom is 0.240 e. The molecule has 2 N–H and O–H groups in total. The van der Waals surface area contributed by atoms with E-state index in [1.165, 1.54) is 11.8 Å². The molecule has 0 unspecified atom stereocenters. The van der Waals surface area contributed by atoms with Gasteiger partial charge in [0.2, 0.25) is 11.8 Å². The molecular weight excluding hydrogens is 384 g/mol. The van der Waals surface area contributed by atoms with Gasteiger partial charge in [-0.1, -0.05) is 53.7 Å². The van der Waals surface area contributed by atoms with Crippen LogP contribution in [0.3, 0.4) is 0 Å². The van der Waals surface area contributed by atoms with Crippen LogP contribution in [0.1, 0.15) is 18.9 Å². The van der Waals surface area contributed by atoms with Gasteiger partial charge >= 0.3 is 0 Å². The quantitative estimate of drug-likeness (QED) is 0.593. The average Bonchev–Trinajstić information content (AvgIpc) is 3.00. The van der Waals surface area contributed by atoms with E-state index in [4.69, 9.17) is 11.6 Å². The Kier molecular flexibility index (Phi) is 6.26. The van der Waals surface area contributed by atoms with Gasteiger partial charge in [-0.25, -0.2) is 0 Å². The van der Waals surface area contributed by atoms with E-state index in [1.807, 2.05) is 37.3 Å². The van der Waals surface area contributed by atoms with Gasteiger partial charge in [-0.15, -0.1) is 5.10 Å². The number of benzene rings is 2. The van der Waals surface area contributed by atoms with Crippen LogP contribution in [-0.4, -0.2) is 27.9 Å². The van der Waals surface area contributed by atoms with Crippen molar-refractivity contribution >= 4 is 51.7 Å². The molecule has 0 aromatic heterocycles. The highest BCUT2D eigenvalue weighted by molar-refractivity contribution is 8.15. The second kappa shape index (κ2) is 8.83. The smallest absolute Gasteiger partial charge is 0.240 e. The molecule has 1 fully saturated rings.